The average molecular weight is 305 g/mol. The van der Waals surface area contributed by atoms with Gasteiger partial charge in [-0.05, 0) is 29.8 Å². The number of aryl methyl sites for hydroxylation is 1. The summed E-state index contributed by atoms with van der Waals surface area (Å²) in [6.07, 6.45) is 1.66. The molecule has 1 amide bonds. The number of H-pyrrole nitrogens is 1. The summed E-state index contributed by atoms with van der Waals surface area (Å²) < 4.78 is 1.81. The second kappa shape index (κ2) is 5.24. The lowest BCUT2D eigenvalue weighted by Crippen LogP contribution is -2.25. The monoisotopic (exact) mass is 305 g/mol. The summed E-state index contributed by atoms with van der Waals surface area (Å²) in [6, 6.07) is 13.6. The van der Waals surface area contributed by atoms with Crippen LogP contribution < -0.4 is 5.32 Å². The zero-order chi connectivity index (χ0) is 15.8. The molecule has 0 saturated carbocycles. The standard InChI is InChI=1S/C17H15N5O/c1-22-15-5-3-2-4-13(15)21-16(22)17(23)18-9-11-6-7-12-14(8-11)20-10-19-12/h2-8,10H,9H2,1H3,(H,18,23)(H,19,20). The van der Waals surface area contributed by atoms with Crippen molar-refractivity contribution in [1.82, 2.24) is 24.8 Å². The maximum absolute atomic E-state index is 12.4. The smallest absolute Gasteiger partial charge is 0.287 e. The first-order valence-corrected chi connectivity index (χ1v) is 7.34. The number of nitrogens with one attached hydrogen (secondary N) is 2. The molecular weight excluding hydrogens is 290 g/mol. The summed E-state index contributed by atoms with van der Waals surface area (Å²) in [5, 5.41) is 2.92. The van der Waals surface area contributed by atoms with Gasteiger partial charge in [0.1, 0.15) is 0 Å². The zero-order valence-electron chi connectivity index (χ0n) is 12.6. The van der Waals surface area contributed by atoms with Crippen LogP contribution in [0.4, 0.5) is 0 Å². The van der Waals surface area contributed by atoms with Crippen LogP contribution in [0.3, 0.4) is 0 Å². The quantitative estimate of drug-likeness (QED) is 0.610. The molecule has 0 bridgehead atoms. The molecular formula is C17H15N5O. The Hall–Kier alpha value is -3.15. The van der Waals surface area contributed by atoms with Crippen LogP contribution in [0.25, 0.3) is 22.1 Å². The molecule has 6 heteroatoms. The molecule has 6 nitrogen and oxygen atoms in total. The number of fused-ring (bicyclic) bond motifs is 2. The Bertz CT molecular complexity index is 1010. The van der Waals surface area contributed by atoms with Crippen molar-refractivity contribution in [2.75, 3.05) is 0 Å². The minimum atomic E-state index is -0.187. The van der Waals surface area contributed by atoms with E-state index in [1.807, 2.05) is 54.1 Å². The van der Waals surface area contributed by atoms with Gasteiger partial charge < -0.3 is 14.9 Å². The number of aromatic nitrogens is 4. The molecule has 4 aromatic rings. The number of amides is 1. The van der Waals surface area contributed by atoms with E-state index in [-0.39, 0.29) is 5.91 Å². The summed E-state index contributed by atoms with van der Waals surface area (Å²) in [5.74, 6) is 0.224. The lowest BCUT2D eigenvalue weighted by molar-refractivity contribution is 0.0938. The fraction of sp³-hybridized carbons (Fsp3) is 0.118. The third-order valence-electron chi connectivity index (χ3n) is 3.93. The number of para-hydroxylation sites is 2. The molecule has 0 aliphatic rings. The molecule has 2 aromatic carbocycles. The number of benzene rings is 2. The molecule has 2 aromatic heterocycles. The summed E-state index contributed by atoms with van der Waals surface area (Å²) >= 11 is 0. The second-order valence-corrected chi connectivity index (χ2v) is 5.42. The molecule has 0 fully saturated rings. The first-order valence-electron chi connectivity index (χ1n) is 7.34. The Balaban J connectivity index is 1.55. The average Bonchev–Trinajstić information content (AvgIpc) is 3.17. The molecule has 23 heavy (non-hydrogen) atoms. The Morgan fingerprint density at radius 3 is 2.96 bits per heavy atom. The Kier molecular flexibility index (Phi) is 3.08. The fourth-order valence-electron chi connectivity index (χ4n) is 2.70. The number of hydrogen-bond donors (Lipinski definition) is 2. The molecule has 0 unspecified atom stereocenters. The third-order valence-corrected chi connectivity index (χ3v) is 3.93. The molecule has 0 saturated heterocycles. The molecule has 2 N–H and O–H groups in total. The van der Waals surface area contributed by atoms with Gasteiger partial charge in [-0.15, -0.1) is 0 Å². The minimum Gasteiger partial charge on any atom is -0.345 e. The number of carbonyl (C=O) groups is 1. The number of aromatic amines is 1. The van der Waals surface area contributed by atoms with E-state index >= 15 is 0 Å². The third kappa shape index (κ3) is 2.34. The van der Waals surface area contributed by atoms with Gasteiger partial charge >= 0.3 is 0 Å². The first kappa shape index (κ1) is 13.5. The van der Waals surface area contributed by atoms with Gasteiger partial charge in [-0.1, -0.05) is 18.2 Å². The van der Waals surface area contributed by atoms with Crippen molar-refractivity contribution in [3.8, 4) is 0 Å². The molecule has 0 atom stereocenters. The van der Waals surface area contributed by atoms with Crippen LogP contribution in [0.15, 0.2) is 48.8 Å². The molecule has 2 heterocycles. The van der Waals surface area contributed by atoms with E-state index in [0.717, 1.165) is 27.6 Å². The molecule has 0 aliphatic heterocycles. The normalized spacial score (nSPS) is 11.2. The topological polar surface area (TPSA) is 75.6 Å². The van der Waals surface area contributed by atoms with E-state index in [1.165, 1.54) is 0 Å². The van der Waals surface area contributed by atoms with E-state index in [0.29, 0.717) is 12.4 Å². The summed E-state index contributed by atoms with van der Waals surface area (Å²) in [7, 11) is 1.85. The number of rotatable bonds is 3. The Morgan fingerprint density at radius 1 is 1.22 bits per heavy atom. The van der Waals surface area contributed by atoms with E-state index in [1.54, 1.807) is 6.33 Å². The van der Waals surface area contributed by atoms with Crippen molar-refractivity contribution in [2.45, 2.75) is 6.54 Å². The van der Waals surface area contributed by atoms with E-state index in [2.05, 4.69) is 20.3 Å². The highest BCUT2D eigenvalue weighted by Gasteiger charge is 2.14. The van der Waals surface area contributed by atoms with Gasteiger partial charge in [0.15, 0.2) is 5.82 Å². The lowest BCUT2D eigenvalue weighted by Gasteiger charge is -2.05. The van der Waals surface area contributed by atoms with Crippen molar-refractivity contribution >= 4 is 28.0 Å². The highest BCUT2D eigenvalue weighted by molar-refractivity contribution is 5.94. The fourth-order valence-corrected chi connectivity index (χ4v) is 2.70. The van der Waals surface area contributed by atoms with Gasteiger partial charge in [-0.2, -0.15) is 0 Å². The SMILES string of the molecule is Cn1c(C(=O)NCc2ccc3nc[nH]c3c2)nc2ccccc21. The van der Waals surface area contributed by atoms with Gasteiger partial charge in [0.2, 0.25) is 0 Å². The number of hydrogen-bond acceptors (Lipinski definition) is 3. The maximum atomic E-state index is 12.4. The van der Waals surface area contributed by atoms with Crippen molar-refractivity contribution in [3.63, 3.8) is 0 Å². The lowest BCUT2D eigenvalue weighted by atomic mass is 10.2. The summed E-state index contributed by atoms with van der Waals surface area (Å²) in [5.41, 5.74) is 4.64. The van der Waals surface area contributed by atoms with Crippen molar-refractivity contribution in [3.05, 3.63) is 60.2 Å². The van der Waals surface area contributed by atoms with Gasteiger partial charge in [-0.25, -0.2) is 9.97 Å². The van der Waals surface area contributed by atoms with Crippen molar-refractivity contribution < 1.29 is 4.79 Å². The van der Waals surface area contributed by atoms with Crippen molar-refractivity contribution in [1.29, 1.82) is 0 Å². The van der Waals surface area contributed by atoms with Crippen molar-refractivity contribution in [2.24, 2.45) is 7.05 Å². The summed E-state index contributed by atoms with van der Waals surface area (Å²) in [4.78, 5) is 24.1. The summed E-state index contributed by atoms with van der Waals surface area (Å²) in [6.45, 7) is 0.441. The number of nitrogens with zero attached hydrogens (tertiary/aromatic N) is 3. The van der Waals surface area contributed by atoms with Gasteiger partial charge in [0.25, 0.3) is 5.91 Å². The Morgan fingerprint density at radius 2 is 2.09 bits per heavy atom. The van der Waals surface area contributed by atoms with Crippen LogP contribution in [0, 0.1) is 0 Å². The number of imidazole rings is 2. The number of carbonyl (C=O) groups excluding carboxylic acids is 1. The molecule has 114 valence electrons. The highest BCUT2D eigenvalue weighted by atomic mass is 16.2. The molecule has 0 radical (unpaired) electrons. The predicted molar refractivity (Wildman–Crippen MR) is 88.0 cm³/mol. The van der Waals surface area contributed by atoms with Crippen LogP contribution >= 0.6 is 0 Å². The van der Waals surface area contributed by atoms with Crippen LogP contribution in [0.5, 0.6) is 0 Å². The van der Waals surface area contributed by atoms with E-state index in [9.17, 15) is 4.79 Å². The van der Waals surface area contributed by atoms with E-state index < -0.39 is 0 Å². The van der Waals surface area contributed by atoms with Crippen LogP contribution in [0.2, 0.25) is 0 Å². The predicted octanol–water partition coefficient (Wildman–Crippen LogP) is 2.38. The second-order valence-electron chi connectivity index (χ2n) is 5.42. The van der Waals surface area contributed by atoms with Crippen LogP contribution in [0.1, 0.15) is 16.2 Å². The van der Waals surface area contributed by atoms with Gasteiger partial charge in [0, 0.05) is 13.6 Å². The van der Waals surface area contributed by atoms with Crippen LogP contribution in [-0.4, -0.2) is 25.4 Å². The van der Waals surface area contributed by atoms with Crippen LogP contribution in [-0.2, 0) is 13.6 Å². The first-order chi connectivity index (χ1) is 11.2. The minimum absolute atomic E-state index is 0.187. The van der Waals surface area contributed by atoms with E-state index in [4.69, 9.17) is 0 Å². The van der Waals surface area contributed by atoms with Gasteiger partial charge in [0.05, 0.1) is 28.4 Å². The van der Waals surface area contributed by atoms with Gasteiger partial charge in [-0.3, -0.25) is 4.79 Å². The molecule has 0 aliphatic carbocycles. The maximum Gasteiger partial charge on any atom is 0.287 e. The molecule has 4 rings (SSSR count). The Labute approximate surface area is 132 Å². The largest absolute Gasteiger partial charge is 0.345 e. The zero-order valence-corrected chi connectivity index (χ0v) is 12.6. The molecule has 0 spiro atoms. The highest BCUT2D eigenvalue weighted by Crippen LogP contribution is 2.15.